The van der Waals surface area contributed by atoms with Gasteiger partial charge in [0.15, 0.2) is 10.9 Å². The smallest absolute Gasteiger partial charge is 0.234 e. The number of aromatic nitrogens is 2. The molecular formula is C22H16ClN3O2S. The monoisotopic (exact) mass is 421 g/mol. The SMILES string of the molecule is O=C(CSc1nc2ccccc2[nH]1)Nc1cc(Cl)ccc1C(=O)c1ccccc1. The molecule has 5 nitrogen and oxygen atoms in total. The van der Waals surface area contributed by atoms with Crippen molar-refractivity contribution in [1.29, 1.82) is 0 Å². The molecule has 0 spiro atoms. The summed E-state index contributed by atoms with van der Waals surface area (Å²) in [6, 6.07) is 21.4. The second-order valence-electron chi connectivity index (χ2n) is 6.28. The third kappa shape index (κ3) is 4.50. The van der Waals surface area contributed by atoms with E-state index in [2.05, 4.69) is 15.3 Å². The van der Waals surface area contributed by atoms with Gasteiger partial charge in [0.25, 0.3) is 0 Å². The fraction of sp³-hybridized carbons (Fsp3) is 0.0455. The molecule has 3 aromatic carbocycles. The number of imidazole rings is 1. The van der Waals surface area contributed by atoms with Crippen molar-refractivity contribution in [2.24, 2.45) is 0 Å². The Morgan fingerprint density at radius 2 is 1.76 bits per heavy atom. The molecule has 0 fully saturated rings. The molecule has 144 valence electrons. The van der Waals surface area contributed by atoms with Gasteiger partial charge in [-0.1, -0.05) is 65.8 Å². The van der Waals surface area contributed by atoms with Crippen LogP contribution >= 0.6 is 23.4 Å². The van der Waals surface area contributed by atoms with Crippen LogP contribution in [0.4, 0.5) is 5.69 Å². The second-order valence-corrected chi connectivity index (χ2v) is 7.68. The fourth-order valence-electron chi connectivity index (χ4n) is 2.88. The lowest BCUT2D eigenvalue weighted by molar-refractivity contribution is -0.113. The van der Waals surface area contributed by atoms with Crippen LogP contribution in [0.1, 0.15) is 15.9 Å². The summed E-state index contributed by atoms with van der Waals surface area (Å²) in [5.41, 5.74) is 3.09. The van der Waals surface area contributed by atoms with Crippen molar-refractivity contribution in [3.05, 3.63) is 88.9 Å². The normalized spacial score (nSPS) is 10.8. The second kappa shape index (κ2) is 8.51. The van der Waals surface area contributed by atoms with Crippen molar-refractivity contribution in [1.82, 2.24) is 9.97 Å². The molecule has 0 unspecified atom stereocenters. The molecule has 29 heavy (non-hydrogen) atoms. The van der Waals surface area contributed by atoms with Crippen molar-refractivity contribution in [2.45, 2.75) is 5.16 Å². The standard InChI is InChI=1S/C22H16ClN3O2S/c23-15-10-11-16(21(28)14-6-2-1-3-7-14)19(12-15)24-20(27)13-29-22-25-17-8-4-5-9-18(17)26-22/h1-12H,13H2,(H,24,27)(H,25,26). The highest BCUT2D eigenvalue weighted by Gasteiger charge is 2.16. The zero-order chi connectivity index (χ0) is 20.2. The van der Waals surface area contributed by atoms with E-state index in [4.69, 9.17) is 11.6 Å². The van der Waals surface area contributed by atoms with Crippen molar-refractivity contribution in [3.8, 4) is 0 Å². The number of carbonyl (C=O) groups is 2. The van der Waals surface area contributed by atoms with E-state index >= 15 is 0 Å². The molecule has 0 aliphatic carbocycles. The summed E-state index contributed by atoms with van der Waals surface area (Å²) in [6.45, 7) is 0. The summed E-state index contributed by atoms with van der Waals surface area (Å²) in [4.78, 5) is 32.9. The number of benzene rings is 3. The molecule has 4 rings (SSSR count). The number of anilines is 1. The molecule has 0 saturated heterocycles. The van der Waals surface area contributed by atoms with E-state index in [1.54, 1.807) is 42.5 Å². The van der Waals surface area contributed by atoms with Crippen LogP contribution in [0.5, 0.6) is 0 Å². The Morgan fingerprint density at radius 3 is 2.55 bits per heavy atom. The van der Waals surface area contributed by atoms with Gasteiger partial charge in [-0.3, -0.25) is 9.59 Å². The minimum atomic E-state index is -0.250. The van der Waals surface area contributed by atoms with Crippen molar-refractivity contribution in [3.63, 3.8) is 0 Å². The number of nitrogens with zero attached hydrogens (tertiary/aromatic N) is 1. The number of thioether (sulfide) groups is 1. The number of hydrogen-bond donors (Lipinski definition) is 2. The molecule has 0 aliphatic heterocycles. The summed E-state index contributed by atoms with van der Waals surface area (Å²) < 4.78 is 0. The molecule has 4 aromatic rings. The lowest BCUT2D eigenvalue weighted by Gasteiger charge is -2.11. The first-order valence-electron chi connectivity index (χ1n) is 8.87. The van der Waals surface area contributed by atoms with Crippen LogP contribution in [0, 0.1) is 0 Å². The van der Waals surface area contributed by atoms with Crippen LogP contribution in [0.25, 0.3) is 11.0 Å². The van der Waals surface area contributed by atoms with Gasteiger partial charge < -0.3 is 10.3 Å². The summed E-state index contributed by atoms with van der Waals surface area (Å²) in [5, 5.41) is 3.90. The first-order valence-corrected chi connectivity index (χ1v) is 10.2. The number of aromatic amines is 1. The topological polar surface area (TPSA) is 74.8 Å². The van der Waals surface area contributed by atoms with Crippen LogP contribution in [0.3, 0.4) is 0 Å². The highest BCUT2D eigenvalue weighted by atomic mass is 35.5. The Kier molecular flexibility index (Phi) is 5.64. The predicted octanol–water partition coefficient (Wildman–Crippen LogP) is 5.18. The van der Waals surface area contributed by atoms with E-state index in [-0.39, 0.29) is 17.4 Å². The van der Waals surface area contributed by atoms with Crippen molar-refractivity contribution < 1.29 is 9.59 Å². The van der Waals surface area contributed by atoms with Gasteiger partial charge in [0.1, 0.15) is 0 Å². The molecule has 0 saturated carbocycles. The van der Waals surface area contributed by atoms with Crippen molar-refractivity contribution in [2.75, 3.05) is 11.1 Å². The fourth-order valence-corrected chi connectivity index (χ4v) is 3.74. The number of fused-ring (bicyclic) bond motifs is 1. The molecule has 1 heterocycles. The van der Waals surface area contributed by atoms with Crippen LogP contribution in [0.2, 0.25) is 5.02 Å². The lowest BCUT2D eigenvalue weighted by atomic mass is 10.0. The third-order valence-electron chi connectivity index (χ3n) is 4.24. The maximum Gasteiger partial charge on any atom is 0.234 e. The summed E-state index contributed by atoms with van der Waals surface area (Å²) >= 11 is 7.38. The zero-order valence-corrected chi connectivity index (χ0v) is 16.8. The van der Waals surface area contributed by atoms with Gasteiger partial charge in [-0.15, -0.1) is 0 Å². The quantitative estimate of drug-likeness (QED) is 0.332. The number of H-pyrrole nitrogens is 1. The van der Waals surface area contributed by atoms with Crippen LogP contribution < -0.4 is 5.32 Å². The molecule has 2 N–H and O–H groups in total. The average Bonchev–Trinajstić information content (AvgIpc) is 3.16. The number of nitrogens with one attached hydrogen (secondary N) is 2. The highest BCUT2D eigenvalue weighted by Crippen LogP contribution is 2.25. The summed E-state index contributed by atoms with van der Waals surface area (Å²) in [7, 11) is 0. The Morgan fingerprint density at radius 1 is 1.00 bits per heavy atom. The number of amides is 1. The van der Waals surface area contributed by atoms with Gasteiger partial charge in [0, 0.05) is 16.1 Å². The molecule has 0 bridgehead atoms. The first kappa shape index (κ1) is 19.2. The van der Waals surface area contributed by atoms with Crippen LogP contribution in [-0.4, -0.2) is 27.4 Å². The van der Waals surface area contributed by atoms with Gasteiger partial charge in [0.2, 0.25) is 5.91 Å². The molecule has 1 aromatic heterocycles. The Labute approximate surface area is 176 Å². The predicted molar refractivity (Wildman–Crippen MR) is 117 cm³/mol. The van der Waals surface area contributed by atoms with E-state index in [9.17, 15) is 9.59 Å². The highest BCUT2D eigenvalue weighted by molar-refractivity contribution is 7.99. The third-order valence-corrected chi connectivity index (χ3v) is 5.35. The largest absolute Gasteiger partial charge is 0.333 e. The Hall–Kier alpha value is -3.09. The summed E-state index contributed by atoms with van der Waals surface area (Å²) in [5.74, 6) is -0.284. The minimum absolute atomic E-state index is 0.144. The summed E-state index contributed by atoms with van der Waals surface area (Å²) in [6.07, 6.45) is 0. The maximum absolute atomic E-state index is 12.8. The van der Waals surface area contributed by atoms with Crippen LogP contribution in [0.15, 0.2) is 78.0 Å². The van der Waals surface area contributed by atoms with E-state index in [1.165, 1.54) is 11.8 Å². The average molecular weight is 422 g/mol. The van der Waals surface area contributed by atoms with Gasteiger partial charge >= 0.3 is 0 Å². The number of hydrogen-bond acceptors (Lipinski definition) is 4. The number of ketones is 1. The molecular weight excluding hydrogens is 406 g/mol. The van der Waals surface area contributed by atoms with Gasteiger partial charge in [0.05, 0.1) is 22.5 Å². The molecule has 7 heteroatoms. The van der Waals surface area contributed by atoms with E-state index < -0.39 is 0 Å². The van der Waals surface area contributed by atoms with Gasteiger partial charge in [-0.05, 0) is 30.3 Å². The zero-order valence-electron chi connectivity index (χ0n) is 15.2. The number of halogens is 1. The van der Waals surface area contributed by atoms with Crippen LogP contribution in [-0.2, 0) is 4.79 Å². The molecule has 1 amide bonds. The number of rotatable bonds is 6. The number of carbonyl (C=O) groups excluding carboxylic acids is 2. The Balaban J connectivity index is 1.48. The van der Waals surface area contributed by atoms with Crippen molar-refractivity contribution >= 4 is 51.8 Å². The van der Waals surface area contributed by atoms with E-state index in [0.29, 0.717) is 27.0 Å². The van der Waals surface area contributed by atoms with E-state index in [0.717, 1.165) is 11.0 Å². The molecule has 0 aliphatic rings. The van der Waals surface area contributed by atoms with E-state index in [1.807, 2.05) is 30.3 Å². The molecule has 0 atom stereocenters. The minimum Gasteiger partial charge on any atom is -0.333 e. The molecule has 0 radical (unpaired) electrons. The maximum atomic E-state index is 12.8. The Bertz CT molecular complexity index is 1160. The number of para-hydroxylation sites is 2. The first-order chi connectivity index (χ1) is 14.1. The van der Waals surface area contributed by atoms with Gasteiger partial charge in [-0.2, -0.15) is 0 Å². The van der Waals surface area contributed by atoms with Gasteiger partial charge in [-0.25, -0.2) is 4.98 Å². The lowest BCUT2D eigenvalue weighted by Crippen LogP contribution is -2.17.